The lowest BCUT2D eigenvalue weighted by Crippen LogP contribution is -2.01. The summed E-state index contributed by atoms with van der Waals surface area (Å²) in [5, 5.41) is 9.79. The highest BCUT2D eigenvalue weighted by molar-refractivity contribution is 5.92. The molecule has 0 spiro atoms. The van der Waals surface area contributed by atoms with Crippen LogP contribution in [-0.2, 0) is 6.54 Å². The van der Waals surface area contributed by atoms with Crippen LogP contribution in [0, 0.1) is 11.3 Å². The van der Waals surface area contributed by atoms with E-state index < -0.39 is 0 Å². The molecule has 5 nitrogen and oxygen atoms in total. The summed E-state index contributed by atoms with van der Waals surface area (Å²) in [6.07, 6.45) is 1.81. The van der Waals surface area contributed by atoms with Gasteiger partial charge < -0.3 is 14.0 Å². The number of para-hydroxylation sites is 3. The molecule has 0 aliphatic rings. The summed E-state index contributed by atoms with van der Waals surface area (Å²) in [6.45, 7) is 5.20. The minimum Gasteiger partial charge on any atom is -0.493 e. The highest BCUT2D eigenvalue weighted by Gasteiger charge is 2.15. The number of imidazole rings is 1. The molecule has 3 rings (SSSR count). The van der Waals surface area contributed by atoms with Crippen molar-refractivity contribution >= 4 is 22.7 Å². The van der Waals surface area contributed by atoms with Gasteiger partial charge in [0.25, 0.3) is 0 Å². The summed E-state index contributed by atoms with van der Waals surface area (Å²) in [5.41, 5.74) is 3.16. The topological polar surface area (TPSA) is 60.1 Å². The molecule has 0 radical (unpaired) electrons. The van der Waals surface area contributed by atoms with Crippen LogP contribution in [0.5, 0.6) is 11.5 Å². The van der Waals surface area contributed by atoms with Crippen molar-refractivity contribution in [1.29, 1.82) is 5.26 Å². The van der Waals surface area contributed by atoms with E-state index in [-0.39, 0.29) is 0 Å². The molecule has 0 amide bonds. The lowest BCUT2D eigenvalue weighted by Gasteiger charge is -2.12. The average molecular weight is 347 g/mol. The van der Waals surface area contributed by atoms with Crippen molar-refractivity contribution in [3.8, 4) is 17.6 Å². The lowest BCUT2D eigenvalue weighted by atomic mass is 10.1. The lowest BCUT2D eigenvalue weighted by molar-refractivity contribution is 0.310. The number of allylic oxidation sites excluding steroid dienone is 1. The molecule has 1 aromatic heterocycles. The monoisotopic (exact) mass is 347 g/mol. The first-order valence-electron chi connectivity index (χ1n) is 8.60. The second-order valence-electron chi connectivity index (χ2n) is 5.65. The molecule has 26 heavy (non-hydrogen) atoms. The molecule has 0 saturated carbocycles. The third kappa shape index (κ3) is 3.14. The van der Waals surface area contributed by atoms with Gasteiger partial charge in [-0.1, -0.05) is 24.3 Å². The summed E-state index contributed by atoms with van der Waals surface area (Å²) in [5.74, 6) is 1.92. The van der Waals surface area contributed by atoms with Crippen molar-refractivity contribution in [2.24, 2.45) is 0 Å². The predicted octanol–water partition coefficient (Wildman–Crippen LogP) is 4.53. The Bertz CT molecular complexity index is 996. The van der Waals surface area contributed by atoms with Gasteiger partial charge in [0.05, 0.1) is 30.3 Å². The Morgan fingerprint density at radius 2 is 2.00 bits per heavy atom. The van der Waals surface area contributed by atoms with Gasteiger partial charge in [-0.15, -0.1) is 0 Å². The van der Waals surface area contributed by atoms with E-state index >= 15 is 0 Å². The molecule has 0 atom stereocenters. The Balaban J connectivity index is 2.18. The van der Waals surface area contributed by atoms with Crippen LogP contribution in [0.2, 0.25) is 0 Å². The van der Waals surface area contributed by atoms with Crippen LogP contribution in [-0.4, -0.2) is 23.3 Å². The standard InChI is InChI=1S/C21H21N3O2/c1-4-24-18-11-7-6-10-17(18)23-21(24)16(14-22)13-15-9-8-12-19(25-3)20(15)26-5-2/h6-13H,4-5H2,1-3H3/b16-13-. The highest BCUT2D eigenvalue weighted by atomic mass is 16.5. The molecule has 0 N–H and O–H groups in total. The Kier molecular flexibility index (Phi) is 5.23. The van der Waals surface area contributed by atoms with Crippen molar-refractivity contribution in [2.75, 3.05) is 13.7 Å². The fourth-order valence-corrected chi connectivity index (χ4v) is 3.01. The number of fused-ring (bicyclic) bond motifs is 1. The molecule has 0 unspecified atom stereocenters. The number of nitrogens with zero attached hydrogens (tertiary/aromatic N) is 3. The van der Waals surface area contributed by atoms with E-state index in [1.807, 2.05) is 60.9 Å². The first-order valence-corrected chi connectivity index (χ1v) is 8.60. The van der Waals surface area contributed by atoms with Gasteiger partial charge in [0.2, 0.25) is 0 Å². The number of rotatable bonds is 6. The molecular weight excluding hydrogens is 326 g/mol. The molecule has 5 heteroatoms. The van der Waals surface area contributed by atoms with Crippen LogP contribution in [0.3, 0.4) is 0 Å². The van der Waals surface area contributed by atoms with Crippen LogP contribution < -0.4 is 9.47 Å². The normalized spacial score (nSPS) is 11.4. The second-order valence-corrected chi connectivity index (χ2v) is 5.65. The number of hydrogen-bond acceptors (Lipinski definition) is 4. The quantitative estimate of drug-likeness (QED) is 0.615. The van der Waals surface area contributed by atoms with Crippen molar-refractivity contribution in [3.63, 3.8) is 0 Å². The zero-order valence-corrected chi connectivity index (χ0v) is 15.2. The van der Waals surface area contributed by atoms with Crippen LogP contribution in [0.4, 0.5) is 0 Å². The Labute approximate surface area is 153 Å². The van der Waals surface area contributed by atoms with Gasteiger partial charge in [-0.2, -0.15) is 5.26 Å². The number of aryl methyl sites for hydroxylation is 1. The molecule has 0 bridgehead atoms. The summed E-state index contributed by atoms with van der Waals surface area (Å²) >= 11 is 0. The van der Waals surface area contributed by atoms with Crippen molar-refractivity contribution in [1.82, 2.24) is 9.55 Å². The second kappa shape index (κ2) is 7.75. The third-order valence-corrected chi connectivity index (χ3v) is 4.15. The minimum atomic E-state index is 0.484. The van der Waals surface area contributed by atoms with Crippen LogP contribution in [0.1, 0.15) is 25.2 Å². The molecule has 1 heterocycles. The molecule has 0 aliphatic carbocycles. The summed E-state index contributed by atoms with van der Waals surface area (Å²) in [4.78, 5) is 4.67. The number of nitriles is 1. The van der Waals surface area contributed by atoms with Crippen molar-refractivity contribution in [2.45, 2.75) is 20.4 Å². The van der Waals surface area contributed by atoms with Gasteiger partial charge in [0.15, 0.2) is 17.3 Å². The van der Waals surface area contributed by atoms with Crippen LogP contribution in [0.25, 0.3) is 22.7 Å². The van der Waals surface area contributed by atoms with Crippen molar-refractivity contribution < 1.29 is 9.47 Å². The SMILES string of the molecule is CCOc1c(/C=C(/C#N)c2nc3ccccc3n2CC)cccc1OC. The van der Waals surface area contributed by atoms with E-state index in [1.165, 1.54) is 0 Å². The largest absolute Gasteiger partial charge is 0.493 e. The molecular formula is C21H21N3O2. The van der Waals surface area contributed by atoms with E-state index in [4.69, 9.17) is 9.47 Å². The summed E-state index contributed by atoms with van der Waals surface area (Å²) in [7, 11) is 1.60. The minimum absolute atomic E-state index is 0.484. The number of benzene rings is 2. The first kappa shape index (κ1) is 17.6. The van der Waals surface area contributed by atoms with Crippen LogP contribution in [0.15, 0.2) is 42.5 Å². The van der Waals surface area contributed by atoms with E-state index in [0.717, 1.165) is 23.1 Å². The van der Waals surface area contributed by atoms with Gasteiger partial charge in [0, 0.05) is 12.1 Å². The van der Waals surface area contributed by atoms with Gasteiger partial charge in [-0.3, -0.25) is 0 Å². The maximum atomic E-state index is 9.79. The molecule has 2 aromatic carbocycles. The molecule has 0 saturated heterocycles. The maximum Gasteiger partial charge on any atom is 0.168 e. The molecule has 3 aromatic rings. The number of ether oxygens (including phenoxy) is 2. The third-order valence-electron chi connectivity index (χ3n) is 4.15. The van der Waals surface area contributed by atoms with E-state index in [0.29, 0.717) is 29.5 Å². The fourth-order valence-electron chi connectivity index (χ4n) is 3.01. The summed E-state index contributed by atoms with van der Waals surface area (Å²) in [6, 6.07) is 15.8. The van der Waals surface area contributed by atoms with Gasteiger partial charge in [0.1, 0.15) is 6.07 Å². The first-order chi connectivity index (χ1) is 12.7. The van der Waals surface area contributed by atoms with Gasteiger partial charge in [-0.25, -0.2) is 4.98 Å². The predicted molar refractivity (Wildman–Crippen MR) is 103 cm³/mol. The molecule has 0 fully saturated rings. The zero-order chi connectivity index (χ0) is 18.5. The highest BCUT2D eigenvalue weighted by Crippen LogP contribution is 2.34. The van der Waals surface area contributed by atoms with E-state index in [2.05, 4.69) is 11.1 Å². The average Bonchev–Trinajstić information content (AvgIpc) is 3.05. The number of methoxy groups -OCH3 is 1. The maximum absolute atomic E-state index is 9.79. The molecule has 0 aliphatic heterocycles. The van der Waals surface area contributed by atoms with E-state index in [9.17, 15) is 5.26 Å². The summed E-state index contributed by atoms with van der Waals surface area (Å²) < 4.78 is 13.2. The zero-order valence-electron chi connectivity index (χ0n) is 15.2. The van der Waals surface area contributed by atoms with E-state index in [1.54, 1.807) is 13.2 Å². The number of aromatic nitrogens is 2. The number of hydrogen-bond donors (Lipinski definition) is 0. The van der Waals surface area contributed by atoms with Gasteiger partial charge in [-0.05, 0) is 38.1 Å². The van der Waals surface area contributed by atoms with Gasteiger partial charge >= 0.3 is 0 Å². The smallest absolute Gasteiger partial charge is 0.168 e. The fraction of sp³-hybridized carbons (Fsp3) is 0.238. The Morgan fingerprint density at radius 1 is 1.19 bits per heavy atom. The Morgan fingerprint density at radius 3 is 2.69 bits per heavy atom. The molecule has 132 valence electrons. The Hall–Kier alpha value is -3.26. The van der Waals surface area contributed by atoms with Crippen LogP contribution >= 0.6 is 0 Å². The van der Waals surface area contributed by atoms with Crippen molar-refractivity contribution in [3.05, 3.63) is 53.9 Å².